The Kier molecular flexibility index (Phi) is 6.65. The number of hydrogen-bond acceptors (Lipinski definition) is 5. The zero-order valence-corrected chi connectivity index (χ0v) is 20.2. The molecular formula is C23H19Cl3N4O3. The van der Waals surface area contributed by atoms with E-state index in [0.29, 0.717) is 32.9 Å². The van der Waals surface area contributed by atoms with Gasteiger partial charge < -0.3 is 14.8 Å². The first-order chi connectivity index (χ1) is 15.8. The lowest BCUT2D eigenvalue weighted by Gasteiger charge is -2.15. The van der Waals surface area contributed by atoms with Crippen LogP contribution in [-0.2, 0) is 4.79 Å². The van der Waals surface area contributed by atoms with E-state index in [1.165, 1.54) is 4.80 Å². The van der Waals surface area contributed by atoms with Crippen molar-refractivity contribution in [2.24, 2.45) is 0 Å². The van der Waals surface area contributed by atoms with Gasteiger partial charge in [0.2, 0.25) is 0 Å². The van der Waals surface area contributed by atoms with Crippen molar-refractivity contribution in [1.82, 2.24) is 15.0 Å². The SMILES string of the molecule is COc1ccc(-n2nc3ccc(NC(=O)COc4c(Cl)c(C)c(Cl)c(C)c4Cl)cc3n2)cc1. The highest BCUT2D eigenvalue weighted by molar-refractivity contribution is 6.42. The molecule has 0 aliphatic rings. The third-order valence-electron chi connectivity index (χ3n) is 5.03. The molecule has 170 valence electrons. The maximum atomic E-state index is 12.5. The van der Waals surface area contributed by atoms with E-state index in [-0.39, 0.29) is 28.3 Å². The predicted octanol–water partition coefficient (Wildman–Crippen LogP) is 6.02. The normalized spacial score (nSPS) is 11.0. The van der Waals surface area contributed by atoms with Crippen LogP contribution in [-0.4, -0.2) is 34.6 Å². The number of rotatable bonds is 6. The van der Waals surface area contributed by atoms with Gasteiger partial charge in [0.25, 0.3) is 5.91 Å². The standard InChI is InChI=1S/C23H19Cl3N4O3/c1-12-20(24)13(2)22(26)23(21(12)25)33-11-19(31)27-14-4-9-17-18(10-14)29-30(28-17)15-5-7-16(32-3)8-6-15/h4-10H,11H2,1-3H3,(H,27,31). The Morgan fingerprint density at radius 1 is 0.939 bits per heavy atom. The molecule has 33 heavy (non-hydrogen) atoms. The third-order valence-corrected chi connectivity index (χ3v) is 6.51. The molecule has 1 amide bonds. The molecule has 0 fully saturated rings. The second kappa shape index (κ2) is 9.47. The van der Waals surface area contributed by atoms with E-state index in [4.69, 9.17) is 44.3 Å². The average molecular weight is 506 g/mol. The van der Waals surface area contributed by atoms with E-state index in [2.05, 4.69) is 15.5 Å². The number of carbonyl (C=O) groups is 1. The molecule has 1 N–H and O–H groups in total. The maximum absolute atomic E-state index is 12.5. The summed E-state index contributed by atoms with van der Waals surface area (Å²) in [5.74, 6) is 0.592. The van der Waals surface area contributed by atoms with E-state index in [0.717, 1.165) is 11.4 Å². The zero-order valence-electron chi connectivity index (χ0n) is 17.9. The van der Waals surface area contributed by atoms with Crippen molar-refractivity contribution in [2.75, 3.05) is 19.0 Å². The van der Waals surface area contributed by atoms with Gasteiger partial charge in [-0.05, 0) is 67.4 Å². The Bertz CT molecular complexity index is 1320. The van der Waals surface area contributed by atoms with Gasteiger partial charge in [-0.25, -0.2) is 0 Å². The van der Waals surface area contributed by atoms with Crippen molar-refractivity contribution >= 4 is 57.4 Å². The van der Waals surface area contributed by atoms with Gasteiger partial charge in [-0.2, -0.15) is 4.80 Å². The van der Waals surface area contributed by atoms with Gasteiger partial charge in [-0.3, -0.25) is 4.79 Å². The van der Waals surface area contributed by atoms with Crippen molar-refractivity contribution in [1.29, 1.82) is 0 Å². The molecule has 0 atom stereocenters. The lowest BCUT2D eigenvalue weighted by molar-refractivity contribution is -0.118. The topological polar surface area (TPSA) is 78.3 Å². The van der Waals surface area contributed by atoms with Crippen molar-refractivity contribution < 1.29 is 14.3 Å². The Morgan fingerprint density at radius 3 is 2.21 bits per heavy atom. The number of fused-ring (bicyclic) bond motifs is 1. The van der Waals surface area contributed by atoms with E-state index in [9.17, 15) is 4.79 Å². The number of aromatic nitrogens is 3. The molecular weight excluding hydrogens is 487 g/mol. The number of anilines is 1. The minimum absolute atomic E-state index is 0.228. The number of nitrogens with zero attached hydrogens (tertiary/aromatic N) is 3. The highest BCUT2D eigenvalue weighted by Crippen LogP contribution is 2.42. The summed E-state index contributed by atoms with van der Waals surface area (Å²) in [6.45, 7) is 3.24. The minimum atomic E-state index is -0.380. The quantitative estimate of drug-likeness (QED) is 0.346. The highest BCUT2D eigenvalue weighted by atomic mass is 35.5. The fraction of sp³-hybridized carbons (Fsp3) is 0.174. The maximum Gasteiger partial charge on any atom is 0.262 e. The second-order valence-corrected chi connectivity index (χ2v) is 8.38. The number of benzene rings is 3. The van der Waals surface area contributed by atoms with Crippen LogP contribution in [0.3, 0.4) is 0 Å². The van der Waals surface area contributed by atoms with E-state index in [1.807, 2.05) is 24.3 Å². The summed E-state index contributed by atoms with van der Waals surface area (Å²) in [6, 6.07) is 12.6. The van der Waals surface area contributed by atoms with E-state index >= 15 is 0 Å². The van der Waals surface area contributed by atoms with Crippen molar-refractivity contribution in [3.05, 3.63) is 68.7 Å². The summed E-state index contributed by atoms with van der Waals surface area (Å²) in [5, 5.41) is 12.8. The van der Waals surface area contributed by atoms with Gasteiger partial charge in [-0.1, -0.05) is 34.8 Å². The first-order valence-corrected chi connectivity index (χ1v) is 11.0. The Hall–Kier alpha value is -3.00. The largest absolute Gasteiger partial charge is 0.497 e. The molecule has 0 bridgehead atoms. The molecule has 0 spiro atoms. The summed E-state index contributed by atoms with van der Waals surface area (Å²) in [6.07, 6.45) is 0. The molecule has 0 aliphatic heterocycles. The molecule has 0 saturated heterocycles. The molecule has 4 aromatic rings. The monoisotopic (exact) mass is 504 g/mol. The number of hydrogen-bond donors (Lipinski definition) is 1. The number of carbonyl (C=O) groups excluding carboxylic acids is 1. The van der Waals surface area contributed by atoms with Gasteiger partial charge in [0, 0.05) is 10.7 Å². The van der Waals surface area contributed by atoms with Crippen LogP contribution >= 0.6 is 34.8 Å². The Labute approximate surface area is 205 Å². The smallest absolute Gasteiger partial charge is 0.262 e. The van der Waals surface area contributed by atoms with Crippen LogP contribution in [0.25, 0.3) is 16.7 Å². The van der Waals surface area contributed by atoms with Crippen LogP contribution in [0.2, 0.25) is 15.1 Å². The van der Waals surface area contributed by atoms with E-state index in [1.54, 1.807) is 39.2 Å². The van der Waals surface area contributed by atoms with Gasteiger partial charge in [0.15, 0.2) is 12.4 Å². The van der Waals surface area contributed by atoms with Crippen molar-refractivity contribution in [3.63, 3.8) is 0 Å². The van der Waals surface area contributed by atoms with Crippen LogP contribution in [0.15, 0.2) is 42.5 Å². The number of halogens is 3. The number of nitrogens with one attached hydrogen (secondary N) is 1. The number of methoxy groups -OCH3 is 1. The Balaban J connectivity index is 1.47. The molecule has 10 heteroatoms. The van der Waals surface area contributed by atoms with Crippen LogP contribution in [0, 0.1) is 13.8 Å². The summed E-state index contributed by atoms with van der Waals surface area (Å²) in [4.78, 5) is 14.0. The zero-order chi connectivity index (χ0) is 23.7. The van der Waals surface area contributed by atoms with Crippen molar-refractivity contribution in [2.45, 2.75) is 13.8 Å². The fourth-order valence-electron chi connectivity index (χ4n) is 3.20. The van der Waals surface area contributed by atoms with Crippen LogP contribution < -0.4 is 14.8 Å². The molecule has 1 aromatic heterocycles. The molecule has 3 aromatic carbocycles. The summed E-state index contributed by atoms with van der Waals surface area (Å²) in [7, 11) is 1.61. The lowest BCUT2D eigenvalue weighted by atomic mass is 10.1. The van der Waals surface area contributed by atoms with E-state index < -0.39 is 0 Å². The molecule has 0 unspecified atom stereocenters. The average Bonchev–Trinajstić information content (AvgIpc) is 3.25. The first kappa shape index (κ1) is 23.2. The molecule has 0 radical (unpaired) electrons. The number of ether oxygens (including phenoxy) is 2. The van der Waals surface area contributed by atoms with Gasteiger partial charge in [0.05, 0.1) is 22.8 Å². The molecule has 0 aliphatic carbocycles. The predicted molar refractivity (Wildman–Crippen MR) is 130 cm³/mol. The first-order valence-electron chi connectivity index (χ1n) is 9.86. The fourth-order valence-corrected chi connectivity index (χ4v) is 4.02. The summed E-state index contributed by atoms with van der Waals surface area (Å²) < 4.78 is 10.8. The number of amides is 1. The van der Waals surface area contributed by atoms with Crippen LogP contribution in [0.1, 0.15) is 11.1 Å². The minimum Gasteiger partial charge on any atom is -0.497 e. The summed E-state index contributed by atoms with van der Waals surface area (Å²) >= 11 is 18.8. The van der Waals surface area contributed by atoms with Gasteiger partial charge in [-0.15, -0.1) is 10.2 Å². The molecule has 1 heterocycles. The second-order valence-electron chi connectivity index (χ2n) is 7.25. The van der Waals surface area contributed by atoms with Crippen LogP contribution in [0.4, 0.5) is 5.69 Å². The highest BCUT2D eigenvalue weighted by Gasteiger charge is 2.19. The Morgan fingerprint density at radius 2 is 1.58 bits per heavy atom. The molecule has 0 saturated carbocycles. The lowest BCUT2D eigenvalue weighted by Crippen LogP contribution is -2.20. The van der Waals surface area contributed by atoms with Gasteiger partial charge >= 0.3 is 0 Å². The third kappa shape index (κ3) is 4.71. The molecule has 4 rings (SSSR count). The van der Waals surface area contributed by atoms with Crippen LogP contribution in [0.5, 0.6) is 11.5 Å². The van der Waals surface area contributed by atoms with Gasteiger partial charge in [0.1, 0.15) is 16.8 Å². The van der Waals surface area contributed by atoms with Crippen molar-refractivity contribution in [3.8, 4) is 17.2 Å². The summed E-state index contributed by atoms with van der Waals surface area (Å²) in [5.41, 5.74) is 3.93. The molecule has 7 nitrogen and oxygen atoms in total.